The number of fused-ring (bicyclic) bond motifs is 1. The molecule has 1 N–H and O–H groups in total. The summed E-state index contributed by atoms with van der Waals surface area (Å²) in [6.07, 6.45) is 0. The summed E-state index contributed by atoms with van der Waals surface area (Å²) in [5.74, 6) is -0.504. The summed E-state index contributed by atoms with van der Waals surface area (Å²) in [6.45, 7) is 1.86. The minimum absolute atomic E-state index is 0.185. The molecule has 0 spiro atoms. The van der Waals surface area contributed by atoms with Gasteiger partial charge in [0.05, 0.1) is 17.1 Å². The second-order valence-corrected chi connectivity index (χ2v) is 5.65. The van der Waals surface area contributed by atoms with E-state index in [1.54, 1.807) is 31.3 Å². The Balaban J connectivity index is 2.42. The fraction of sp³-hybridized carbons (Fsp3) is 0.158. The highest BCUT2D eigenvalue weighted by Crippen LogP contribution is 2.34. The minimum Gasteiger partial charge on any atom is -0.354 e. The summed E-state index contributed by atoms with van der Waals surface area (Å²) in [6, 6.07) is 11.8. The first-order valence-electron chi connectivity index (χ1n) is 7.49. The summed E-state index contributed by atoms with van der Waals surface area (Å²) in [7, 11) is 3.40. The highest BCUT2D eigenvalue weighted by Gasteiger charge is 2.20. The minimum atomic E-state index is -0.319. The highest BCUT2D eigenvalue weighted by molar-refractivity contribution is 6.06. The normalized spacial score (nSPS) is 10.6. The van der Waals surface area contributed by atoms with Crippen molar-refractivity contribution in [1.82, 2.24) is 9.88 Å². The number of nitrogens with zero attached hydrogens (tertiary/aromatic N) is 2. The van der Waals surface area contributed by atoms with Crippen LogP contribution < -0.4 is 5.32 Å². The third-order valence-electron chi connectivity index (χ3n) is 4.27. The van der Waals surface area contributed by atoms with E-state index in [-0.39, 0.29) is 11.7 Å². The van der Waals surface area contributed by atoms with Gasteiger partial charge < -0.3 is 9.88 Å². The number of hydrogen-bond acceptors (Lipinski definition) is 2. The first-order chi connectivity index (χ1) is 11.5. The lowest BCUT2D eigenvalue weighted by Crippen LogP contribution is -2.21. The predicted octanol–water partition coefficient (Wildman–Crippen LogP) is 3.52. The first kappa shape index (κ1) is 15.8. The smallest absolute Gasteiger partial charge is 0.267 e. The van der Waals surface area contributed by atoms with Crippen molar-refractivity contribution in [3.8, 4) is 17.2 Å². The predicted molar refractivity (Wildman–Crippen MR) is 91.2 cm³/mol. The molecule has 0 aliphatic carbocycles. The van der Waals surface area contributed by atoms with Crippen molar-refractivity contribution in [2.45, 2.75) is 6.92 Å². The maximum Gasteiger partial charge on any atom is 0.267 e. The molecule has 0 fully saturated rings. The van der Waals surface area contributed by atoms with Crippen molar-refractivity contribution < 1.29 is 9.18 Å². The Bertz CT molecular complexity index is 994. The molecule has 1 aromatic heterocycles. The molecule has 24 heavy (non-hydrogen) atoms. The summed E-state index contributed by atoms with van der Waals surface area (Å²) in [5.41, 5.74) is 4.29. The van der Waals surface area contributed by atoms with Gasteiger partial charge in [-0.15, -0.1) is 0 Å². The fourth-order valence-corrected chi connectivity index (χ4v) is 3.13. The zero-order chi connectivity index (χ0) is 17.4. The van der Waals surface area contributed by atoms with E-state index < -0.39 is 0 Å². The second kappa shape index (κ2) is 5.82. The Morgan fingerprint density at radius 3 is 2.50 bits per heavy atom. The van der Waals surface area contributed by atoms with Crippen LogP contribution in [0.25, 0.3) is 22.0 Å². The molecular weight excluding hydrogens is 305 g/mol. The maximum absolute atomic E-state index is 13.3. The van der Waals surface area contributed by atoms with Crippen LogP contribution in [0.2, 0.25) is 0 Å². The first-order valence-corrected chi connectivity index (χ1v) is 7.49. The number of nitrogens with one attached hydrogen (secondary N) is 1. The van der Waals surface area contributed by atoms with Gasteiger partial charge >= 0.3 is 0 Å². The molecule has 0 unspecified atom stereocenters. The molecule has 5 heteroatoms. The number of nitriles is 1. The number of carbonyl (C=O) groups excluding carboxylic acids is 1. The Labute approximate surface area is 139 Å². The number of aryl methyl sites for hydroxylation is 2. The Morgan fingerprint density at radius 2 is 1.92 bits per heavy atom. The molecule has 4 nitrogen and oxygen atoms in total. The summed E-state index contributed by atoms with van der Waals surface area (Å²) in [5, 5.41) is 12.8. The van der Waals surface area contributed by atoms with Crippen LogP contribution in [-0.4, -0.2) is 17.5 Å². The zero-order valence-electron chi connectivity index (χ0n) is 13.6. The van der Waals surface area contributed by atoms with Gasteiger partial charge in [0.1, 0.15) is 11.5 Å². The average Bonchev–Trinajstić information content (AvgIpc) is 2.85. The van der Waals surface area contributed by atoms with Crippen molar-refractivity contribution in [1.29, 1.82) is 5.26 Å². The monoisotopic (exact) mass is 321 g/mol. The zero-order valence-corrected chi connectivity index (χ0v) is 13.6. The average molecular weight is 321 g/mol. The van der Waals surface area contributed by atoms with Crippen LogP contribution in [0.5, 0.6) is 0 Å². The molecule has 1 heterocycles. The van der Waals surface area contributed by atoms with Gasteiger partial charge in [-0.3, -0.25) is 4.79 Å². The third kappa shape index (κ3) is 2.33. The molecule has 0 bridgehead atoms. The maximum atomic E-state index is 13.3. The largest absolute Gasteiger partial charge is 0.354 e. The van der Waals surface area contributed by atoms with E-state index in [0.29, 0.717) is 11.3 Å². The fourth-order valence-electron chi connectivity index (χ4n) is 3.13. The van der Waals surface area contributed by atoms with Gasteiger partial charge in [0, 0.05) is 25.0 Å². The number of rotatable bonds is 2. The molecular formula is C19H16FN3O. The van der Waals surface area contributed by atoms with Crippen molar-refractivity contribution in [2.24, 2.45) is 7.05 Å². The summed E-state index contributed by atoms with van der Waals surface area (Å²) in [4.78, 5) is 12.2. The van der Waals surface area contributed by atoms with E-state index in [0.717, 1.165) is 27.6 Å². The van der Waals surface area contributed by atoms with Crippen LogP contribution in [0.1, 0.15) is 21.6 Å². The third-order valence-corrected chi connectivity index (χ3v) is 4.27. The molecule has 0 saturated heterocycles. The molecule has 120 valence electrons. The number of halogens is 1. The van der Waals surface area contributed by atoms with Gasteiger partial charge in [0.2, 0.25) is 0 Å². The van der Waals surface area contributed by atoms with Gasteiger partial charge in [-0.25, -0.2) is 4.39 Å². The number of aromatic nitrogens is 1. The highest BCUT2D eigenvalue weighted by atomic mass is 19.1. The Morgan fingerprint density at radius 1 is 1.25 bits per heavy atom. The van der Waals surface area contributed by atoms with Gasteiger partial charge in [-0.2, -0.15) is 5.26 Å². The molecule has 0 aliphatic heterocycles. The van der Waals surface area contributed by atoms with Crippen molar-refractivity contribution in [3.05, 3.63) is 59.0 Å². The van der Waals surface area contributed by atoms with E-state index in [2.05, 4.69) is 11.4 Å². The van der Waals surface area contributed by atoms with Gasteiger partial charge in [0.25, 0.3) is 5.91 Å². The van der Waals surface area contributed by atoms with Crippen molar-refractivity contribution in [2.75, 3.05) is 7.05 Å². The Hall–Kier alpha value is -3.13. The van der Waals surface area contributed by atoms with E-state index in [4.69, 9.17) is 0 Å². The quantitative estimate of drug-likeness (QED) is 0.785. The van der Waals surface area contributed by atoms with E-state index in [1.165, 1.54) is 12.1 Å². The van der Waals surface area contributed by atoms with E-state index in [1.807, 2.05) is 18.5 Å². The lowest BCUT2D eigenvalue weighted by molar-refractivity contribution is 0.0955. The van der Waals surface area contributed by atoms with Gasteiger partial charge in [-0.1, -0.05) is 12.1 Å². The van der Waals surface area contributed by atoms with Crippen LogP contribution in [0.15, 0.2) is 36.4 Å². The molecule has 3 rings (SSSR count). The summed E-state index contributed by atoms with van der Waals surface area (Å²) >= 11 is 0. The van der Waals surface area contributed by atoms with Crippen LogP contribution in [0.4, 0.5) is 4.39 Å². The SMILES string of the molecule is CNC(=O)c1c(C)c2cc(C#N)cc(-c3ccc(F)cc3)c2n1C. The van der Waals surface area contributed by atoms with Crippen LogP contribution in [-0.2, 0) is 7.05 Å². The van der Waals surface area contributed by atoms with Crippen LogP contribution in [0.3, 0.4) is 0 Å². The van der Waals surface area contributed by atoms with E-state index >= 15 is 0 Å². The van der Waals surface area contributed by atoms with Crippen LogP contribution >= 0.6 is 0 Å². The van der Waals surface area contributed by atoms with Gasteiger partial charge in [0.15, 0.2) is 0 Å². The molecule has 0 saturated carbocycles. The lowest BCUT2D eigenvalue weighted by Gasteiger charge is -2.09. The second-order valence-electron chi connectivity index (χ2n) is 5.65. The topological polar surface area (TPSA) is 57.8 Å². The number of carbonyl (C=O) groups is 1. The van der Waals surface area contributed by atoms with Gasteiger partial charge in [-0.05, 0) is 42.3 Å². The number of hydrogen-bond donors (Lipinski definition) is 1. The molecule has 0 radical (unpaired) electrons. The number of benzene rings is 2. The van der Waals surface area contributed by atoms with E-state index in [9.17, 15) is 14.4 Å². The lowest BCUT2D eigenvalue weighted by atomic mass is 9.99. The summed E-state index contributed by atoms with van der Waals surface area (Å²) < 4.78 is 15.1. The van der Waals surface area contributed by atoms with Crippen molar-refractivity contribution in [3.63, 3.8) is 0 Å². The Kier molecular flexibility index (Phi) is 3.82. The standard InChI is InChI=1S/C19H16FN3O/c1-11-15-8-12(10-21)9-16(13-4-6-14(20)7-5-13)18(15)23(3)17(11)19(24)22-2/h4-9H,1-3H3,(H,22,24). The molecule has 0 atom stereocenters. The molecule has 0 aliphatic rings. The molecule has 2 aromatic carbocycles. The molecule has 3 aromatic rings. The van der Waals surface area contributed by atoms with Crippen molar-refractivity contribution >= 4 is 16.8 Å². The van der Waals surface area contributed by atoms with Crippen LogP contribution in [0, 0.1) is 24.1 Å². The number of amides is 1. The molecule has 1 amide bonds.